The van der Waals surface area contributed by atoms with Gasteiger partial charge >= 0.3 is 6.09 Å². The highest BCUT2D eigenvalue weighted by Crippen LogP contribution is 2.11. The first-order chi connectivity index (χ1) is 12.6. The van der Waals surface area contributed by atoms with Crippen molar-refractivity contribution >= 4 is 17.9 Å². The van der Waals surface area contributed by atoms with Gasteiger partial charge in [-0.1, -0.05) is 31.5 Å². The zero-order valence-corrected chi connectivity index (χ0v) is 15.2. The Kier molecular flexibility index (Phi) is 7.92. The maximum absolute atomic E-state index is 12.0. The standard InChI is InChI=1S/C19H27N3O4/c1-2-3-13-26-19(25)22-11-9-16(10-12-22)21-17(23)14-20-18(24)15-7-5-4-6-8-15/h4-8,16H,2-3,9-14H2,1H3,(H,20,24)(H,21,23). The van der Waals surface area contributed by atoms with E-state index in [0.29, 0.717) is 38.1 Å². The fourth-order valence-corrected chi connectivity index (χ4v) is 2.73. The first-order valence-electron chi connectivity index (χ1n) is 9.14. The van der Waals surface area contributed by atoms with Crippen molar-refractivity contribution < 1.29 is 19.1 Å². The van der Waals surface area contributed by atoms with Crippen LogP contribution in [0.3, 0.4) is 0 Å². The predicted molar refractivity (Wildman–Crippen MR) is 97.8 cm³/mol. The van der Waals surface area contributed by atoms with Gasteiger partial charge < -0.3 is 20.3 Å². The number of ether oxygens (including phenoxy) is 1. The molecular formula is C19H27N3O4. The highest BCUT2D eigenvalue weighted by atomic mass is 16.6. The minimum absolute atomic E-state index is 0.0100. The van der Waals surface area contributed by atoms with Crippen LogP contribution in [-0.2, 0) is 9.53 Å². The lowest BCUT2D eigenvalue weighted by molar-refractivity contribution is -0.121. The molecule has 0 atom stereocenters. The molecule has 2 N–H and O–H groups in total. The number of piperidine rings is 1. The number of likely N-dealkylation sites (tertiary alicyclic amines) is 1. The molecule has 1 fully saturated rings. The van der Waals surface area contributed by atoms with Gasteiger partial charge in [-0.25, -0.2) is 4.79 Å². The third kappa shape index (κ3) is 6.38. The largest absolute Gasteiger partial charge is 0.449 e. The van der Waals surface area contributed by atoms with E-state index in [9.17, 15) is 14.4 Å². The van der Waals surface area contributed by atoms with Crippen LogP contribution in [0.2, 0.25) is 0 Å². The van der Waals surface area contributed by atoms with Gasteiger partial charge in [0.1, 0.15) is 0 Å². The van der Waals surface area contributed by atoms with Crippen molar-refractivity contribution in [3.05, 3.63) is 35.9 Å². The van der Waals surface area contributed by atoms with E-state index in [0.717, 1.165) is 12.8 Å². The minimum atomic E-state index is -0.279. The zero-order valence-electron chi connectivity index (χ0n) is 15.2. The number of unbranched alkanes of at least 4 members (excludes halogenated alkanes) is 1. The summed E-state index contributed by atoms with van der Waals surface area (Å²) in [5, 5.41) is 5.51. The smallest absolute Gasteiger partial charge is 0.409 e. The molecule has 1 aromatic carbocycles. The molecule has 1 heterocycles. The topological polar surface area (TPSA) is 87.7 Å². The molecular weight excluding hydrogens is 334 g/mol. The summed E-state index contributed by atoms with van der Waals surface area (Å²) in [5.74, 6) is -0.497. The van der Waals surface area contributed by atoms with Crippen molar-refractivity contribution in [3.8, 4) is 0 Å². The normalized spacial score (nSPS) is 14.6. The Bertz CT molecular complexity index is 598. The van der Waals surface area contributed by atoms with Crippen molar-refractivity contribution in [2.24, 2.45) is 0 Å². The lowest BCUT2D eigenvalue weighted by Crippen LogP contribution is -2.48. The van der Waals surface area contributed by atoms with Crippen LogP contribution in [0.4, 0.5) is 4.79 Å². The molecule has 1 saturated heterocycles. The molecule has 0 aliphatic carbocycles. The number of carbonyl (C=O) groups excluding carboxylic acids is 3. The molecule has 3 amide bonds. The highest BCUT2D eigenvalue weighted by molar-refractivity contribution is 5.96. The van der Waals surface area contributed by atoms with Crippen LogP contribution >= 0.6 is 0 Å². The molecule has 0 bridgehead atoms. The number of nitrogens with zero attached hydrogens (tertiary/aromatic N) is 1. The molecule has 26 heavy (non-hydrogen) atoms. The number of rotatable bonds is 7. The molecule has 0 spiro atoms. The SMILES string of the molecule is CCCCOC(=O)N1CCC(NC(=O)CNC(=O)c2ccccc2)CC1. The fraction of sp³-hybridized carbons (Fsp3) is 0.526. The second kappa shape index (κ2) is 10.4. The van der Waals surface area contributed by atoms with Gasteiger partial charge in [0.15, 0.2) is 0 Å². The van der Waals surface area contributed by atoms with E-state index in [1.54, 1.807) is 29.2 Å². The van der Waals surface area contributed by atoms with Crippen molar-refractivity contribution in [1.29, 1.82) is 0 Å². The minimum Gasteiger partial charge on any atom is -0.449 e. The Labute approximate surface area is 154 Å². The van der Waals surface area contributed by atoms with E-state index in [1.165, 1.54) is 0 Å². The summed E-state index contributed by atoms with van der Waals surface area (Å²) in [5.41, 5.74) is 0.523. The average Bonchev–Trinajstić information content (AvgIpc) is 2.67. The monoisotopic (exact) mass is 361 g/mol. The van der Waals surface area contributed by atoms with Crippen molar-refractivity contribution in [1.82, 2.24) is 15.5 Å². The van der Waals surface area contributed by atoms with Gasteiger partial charge in [0, 0.05) is 24.7 Å². The van der Waals surface area contributed by atoms with Gasteiger partial charge in [-0.2, -0.15) is 0 Å². The molecule has 7 nitrogen and oxygen atoms in total. The fourth-order valence-electron chi connectivity index (χ4n) is 2.73. The zero-order chi connectivity index (χ0) is 18.8. The Morgan fingerprint density at radius 2 is 1.85 bits per heavy atom. The first-order valence-corrected chi connectivity index (χ1v) is 9.14. The average molecular weight is 361 g/mol. The summed E-state index contributed by atoms with van der Waals surface area (Å²) in [6, 6.07) is 8.78. The summed E-state index contributed by atoms with van der Waals surface area (Å²) in [4.78, 5) is 37.5. The van der Waals surface area contributed by atoms with Gasteiger partial charge in [-0.15, -0.1) is 0 Å². The number of hydrogen-bond donors (Lipinski definition) is 2. The molecule has 2 rings (SSSR count). The Balaban J connectivity index is 1.65. The lowest BCUT2D eigenvalue weighted by Gasteiger charge is -2.31. The van der Waals surface area contributed by atoms with Gasteiger partial charge in [0.05, 0.1) is 13.2 Å². The van der Waals surface area contributed by atoms with E-state index in [4.69, 9.17) is 4.74 Å². The van der Waals surface area contributed by atoms with Gasteiger partial charge in [-0.3, -0.25) is 9.59 Å². The summed E-state index contributed by atoms with van der Waals surface area (Å²) >= 11 is 0. The van der Waals surface area contributed by atoms with Crippen LogP contribution in [0.15, 0.2) is 30.3 Å². The second-order valence-electron chi connectivity index (χ2n) is 6.35. The molecule has 1 aromatic rings. The maximum atomic E-state index is 12.0. The van der Waals surface area contributed by atoms with E-state index in [2.05, 4.69) is 10.6 Å². The van der Waals surface area contributed by atoms with E-state index in [1.807, 2.05) is 13.0 Å². The quantitative estimate of drug-likeness (QED) is 0.727. The first kappa shape index (κ1) is 19.8. The molecule has 1 aliphatic rings. The Morgan fingerprint density at radius 1 is 1.15 bits per heavy atom. The second-order valence-corrected chi connectivity index (χ2v) is 6.35. The molecule has 0 aromatic heterocycles. The molecule has 0 unspecified atom stereocenters. The highest BCUT2D eigenvalue weighted by Gasteiger charge is 2.24. The van der Waals surface area contributed by atoms with Gasteiger partial charge in [0.2, 0.25) is 5.91 Å². The predicted octanol–water partition coefficient (Wildman–Crippen LogP) is 1.93. The summed E-state index contributed by atoms with van der Waals surface area (Å²) < 4.78 is 5.20. The van der Waals surface area contributed by atoms with E-state index in [-0.39, 0.29) is 30.5 Å². The van der Waals surface area contributed by atoms with Gasteiger partial charge in [0.25, 0.3) is 5.91 Å². The summed E-state index contributed by atoms with van der Waals surface area (Å²) in [6.45, 7) is 3.56. The number of amides is 3. The maximum Gasteiger partial charge on any atom is 0.409 e. The van der Waals surface area contributed by atoms with Crippen LogP contribution in [0.25, 0.3) is 0 Å². The van der Waals surface area contributed by atoms with Crippen LogP contribution in [0, 0.1) is 0 Å². The van der Waals surface area contributed by atoms with Crippen LogP contribution < -0.4 is 10.6 Å². The molecule has 0 saturated carbocycles. The third-order valence-corrected chi connectivity index (χ3v) is 4.29. The lowest BCUT2D eigenvalue weighted by atomic mass is 10.1. The molecule has 7 heteroatoms. The number of benzene rings is 1. The molecule has 142 valence electrons. The summed E-state index contributed by atoms with van der Waals surface area (Å²) in [6.07, 6.45) is 2.94. The number of nitrogens with one attached hydrogen (secondary N) is 2. The van der Waals surface area contributed by atoms with Crippen molar-refractivity contribution in [2.75, 3.05) is 26.2 Å². The molecule has 1 aliphatic heterocycles. The van der Waals surface area contributed by atoms with Crippen LogP contribution in [0.1, 0.15) is 43.0 Å². The van der Waals surface area contributed by atoms with Crippen LogP contribution in [0.5, 0.6) is 0 Å². The third-order valence-electron chi connectivity index (χ3n) is 4.29. The van der Waals surface area contributed by atoms with Crippen molar-refractivity contribution in [3.63, 3.8) is 0 Å². The van der Waals surface area contributed by atoms with E-state index < -0.39 is 0 Å². The Hall–Kier alpha value is -2.57. The number of carbonyl (C=O) groups is 3. The van der Waals surface area contributed by atoms with Crippen LogP contribution in [-0.4, -0.2) is 55.1 Å². The van der Waals surface area contributed by atoms with Gasteiger partial charge in [-0.05, 0) is 31.4 Å². The molecule has 0 radical (unpaired) electrons. The van der Waals surface area contributed by atoms with E-state index >= 15 is 0 Å². The number of hydrogen-bond acceptors (Lipinski definition) is 4. The van der Waals surface area contributed by atoms with Crippen molar-refractivity contribution in [2.45, 2.75) is 38.6 Å². The summed E-state index contributed by atoms with van der Waals surface area (Å²) in [7, 11) is 0. The Morgan fingerprint density at radius 3 is 2.50 bits per heavy atom.